The van der Waals surface area contributed by atoms with Gasteiger partial charge in [-0.25, -0.2) is 4.39 Å². The number of nitrogens with one attached hydrogen (secondary N) is 1. The molecule has 0 spiro atoms. The number of nitrogens with two attached hydrogens (primary N) is 1. The van der Waals surface area contributed by atoms with E-state index in [2.05, 4.69) is 21.4 Å². The fourth-order valence-electron chi connectivity index (χ4n) is 1.95. The Kier molecular flexibility index (Phi) is 5.41. The summed E-state index contributed by atoms with van der Waals surface area (Å²) >= 11 is 15.4. The minimum atomic E-state index is -0.289. The molecule has 0 radical (unpaired) electrons. The van der Waals surface area contributed by atoms with Gasteiger partial charge in [0.1, 0.15) is 5.82 Å². The van der Waals surface area contributed by atoms with Crippen molar-refractivity contribution in [3.05, 3.63) is 67.9 Å². The number of halogens is 4. The van der Waals surface area contributed by atoms with E-state index in [1.54, 1.807) is 18.2 Å². The molecule has 106 valence electrons. The van der Waals surface area contributed by atoms with Crippen LogP contribution in [-0.2, 0) is 6.42 Å². The number of hydrazine groups is 1. The highest BCUT2D eigenvalue weighted by Gasteiger charge is 2.16. The van der Waals surface area contributed by atoms with Crippen LogP contribution in [0.5, 0.6) is 0 Å². The van der Waals surface area contributed by atoms with Gasteiger partial charge in [0.2, 0.25) is 0 Å². The van der Waals surface area contributed by atoms with Crippen LogP contribution in [0.1, 0.15) is 17.2 Å². The molecule has 0 fully saturated rings. The van der Waals surface area contributed by atoms with E-state index in [4.69, 9.17) is 29.0 Å². The molecule has 0 amide bonds. The van der Waals surface area contributed by atoms with E-state index in [1.807, 2.05) is 6.07 Å². The Labute approximate surface area is 135 Å². The number of hydrogen-bond acceptors (Lipinski definition) is 2. The number of benzene rings is 2. The lowest BCUT2D eigenvalue weighted by atomic mass is 9.99. The third kappa shape index (κ3) is 3.71. The summed E-state index contributed by atoms with van der Waals surface area (Å²) < 4.78 is 13.8. The van der Waals surface area contributed by atoms with Gasteiger partial charge in [-0.15, -0.1) is 0 Å². The van der Waals surface area contributed by atoms with Crippen molar-refractivity contribution in [1.29, 1.82) is 0 Å². The maximum Gasteiger partial charge on any atom is 0.124 e. The van der Waals surface area contributed by atoms with Crippen LogP contribution in [0.4, 0.5) is 4.39 Å². The predicted octanol–water partition coefficient (Wildman–Crippen LogP) is 4.64. The summed E-state index contributed by atoms with van der Waals surface area (Å²) in [6.07, 6.45) is 0.568. The highest BCUT2D eigenvalue weighted by Crippen LogP contribution is 2.30. The maximum atomic E-state index is 13.1. The molecule has 1 atom stereocenters. The van der Waals surface area contributed by atoms with Crippen molar-refractivity contribution in [2.24, 2.45) is 5.84 Å². The van der Waals surface area contributed by atoms with E-state index < -0.39 is 0 Å². The van der Waals surface area contributed by atoms with Crippen molar-refractivity contribution in [3.63, 3.8) is 0 Å². The summed E-state index contributed by atoms with van der Waals surface area (Å²) in [5, 5.41) is 1.11. The van der Waals surface area contributed by atoms with Gasteiger partial charge in [0.25, 0.3) is 0 Å². The molecule has 3 N–H and O–H groups in total. The van der Waals surface area contributed by atoms with Gasteiger partial charge in [-0.2, -0.15) is 0 Å². The summed E-state index contributed by atoms with van der Waals surface area (Å²) in [4.78, 5) is 0. The quantitative estimate of drug-likeness (QED) is 0.601. The minimum Gasteiger partial charge on any atom is -0.271 e. The molecule has 0 aliphatic rings. The monoisotopic (exact) mass is 376 g/mol. The van der Waals surface area contributed by atoms with Crippen molar-refractivity contribution in [1.82, 2.24) is 5.43 Å². The first-order valence-corrected chi connectivity index (χ1v) is 7.41. The molecule has 2 nitrogen and oxygen atoms in total. The van der Waals surface area contributed by atoms with Crippen LogP contribution < -0.4 is 11.3 Å². The van der Waals surface area contributed by atoms with Crippen LogP contribution in [0.15, 0.2) is 40.9 Å². The van der Waals surface area contributed by atoms with Gasteiger partial charge in [-0.3, -0.25) is 11.3 Å². The molecule has 20 heavy (non-hydrogen) atoms. The van der Waals surface area contributed by atoms with Crippen molar-refractivity contribution in [3.8, 4) is 0 Å². The molecule has 0 saturated carbocycles. The van der Waals surface area contributed by atoms with Crippen LogP contribution in [0.2, 0.25) is 10.0 Å². The molecule has 0 aliphatic heterocycles. The van der Waals surface area contributed by atoms with Gasteiger partial charge in [0.15, 0.2) is 0 Å². The summed E-state index contributed by atoms with van der Waals surface area (Å²) in [6.45, 7) is 0. The first kappa shape index (κ1) is 15.7. The van der Waals surface area contributed by atoms with Crippen LogP contribution >= 0.6 is 39.1 Å². The van der Waals surface area contributed by atoms with E-state index in [0.29, 0.717) is 20.9 Å². The SMILES string of the molecule is NNC(Cc1ccc(F)cc1Br)c1ccc(Cl)cc1Cl. The second kappa shape index (κ2) is 6.87. The highest BCUT2D eigenvalue weighted by atomic mass is 79.9. The second-order valence-corrected chi connectivity index (χ2v) is 6.02. The molecule has 2 aromatic carbocycles. The Balaban J connectivity index is 2.28. The number of rotatable bonds is 4. The van der Waals surface area contributed by atoms with Gasteiger partial charge in [-0.05, 0) is 41.8 Å². The zero-order valence-electron chi connectivity index (χ0n) is 10.3. The molecule has 0 aliphatic carbocycles. The molecule has 0 heterocycles. The molecule has 1 unspecified atom stereocenters. The van der Waals surface area contributed by atoms with Gasteiger partial charge < -0.3 is 0 Å². The molecule has 2 aromatic rings. The third-order valence-corrected chi connectivity index (χ3v) is 4.28. The average molecular weight is 378 g/mol. The fraction of sp³-hybridized carbons (Fsp3) is 0.143. The van der Waals surface area contributed by atoms with E-state index in [-0.39, 0.29) is 11.9 Å². The normalized spacial score (nSPS) is 12.4. The Hall–Kier alpha value is -0.650. The van der Waals surface area contributed by atoms with Crippen LogP contribution in [0.3, 0.4) is 0 Å². The molecular weight excluding hydrogens is 366 g/mol. The Morgan fingerprint density at radius 3 is 2.55 bits per heavy atom. The topological polar surface area (TPSA) is 38.0 Å². The Morgan fingerprint density at radius 2 is 1.95 bits per heavy atom. The van der Waals surface area contributed by atoms with Crippen molar-refractivity contribution in [2.45, 2.75) is 12.5 Å². The summed E-state index contributed by atoms with van der Waals surface area (Å²) in [5.74, 6) is 5.32. The second-order valence-electron chi connectivity index (χ2n) is 4.32. The average Bonchev–Trinajstić information content (AvgIpc) is 2.39. The lowest BCUT2D eigenvalue weighted by Crippen LogP contribution is -2.29. The Morgan fingerprint density at radius 1 is 1.20 bits per heavy atom. The summed E-state index contributed by atoms with van der Waals surface area (Å²) in [7, 11) is 0. The lowest BCUT2D eigenvalue weighted by molar-refractivity contribution is 0.550. The molecule has 2 rings (SSSR count). The first-order valence-electron chi connectivity index (χ1n) is 5.86. The van der Waals surface area contributed by atoms with Crippen LogP contribution in [-0.4, -0.2) is 0 Å². The van der Waals surface area contributed by atoms with Gasteiger partial charge in [0.05, 0.1) is 6.04 Å². The summed E-state index contributed by atoms with van der Waals surface area (Å²) in [6, 6.07) is 9.61. The summed E-state index contributed by atoms with van der Waals surface area (Å²) in [5.41, 5.74) is 4.50. The lowest BCUT2D eigenvalue weighted by Gasteiger charge is -2.18. The maximum absolute atomic E-state index is 13.1. The van der Waals surface area contributed by atoms with Gasteiger partial charge in [-0.1, -0.05) is 51.3 Å². The highest BCUT2D eigenvalue weighted by molar-refractivity contribution is 9.10. The minimum absolute atomic E-state index is 0.193. The third-order valence-electron chi connectivity index (χ3n) is 2.98. The van der Waals surface area contributed by atoms with Gasteiger partial charge >= 0.3 is 0 Å². The van der Waals surface area contributed by atoms with E-state index in [1.165, 1.54) is 12.1 Å². The first-order chi connectivity index (χ1) is 9.51. The smallest absolute Gasteiger partial charge is 0.124 e. The van der Waals surface area contributed by atoms with E-state index in [0.717, 1.165) is 11.1 Å². The van der Waals surface area contributed by atoms with Crippen molar-refractivity contribution in [2.75, 3.05) is 0 Å². The number of hydrogen-bond donors (Lipinski definition) is 2. The molecule has 0 saturated heterocycles. The molecular formula is C14H12BrCl2FN2. The molecule has 6 heteroatoms. The van der Waals surface area contributed by atoms with E-state index >= 15 is 0 Å². The molecule has 0 bridgehead atoms. The van der Waals surface area contributed by atoms with E-state index in [9.17, 15) is 4.39 Å². The van der Waals surface area contributed by atoms with Crippen molar-refractivity contribution < 1.29 is 4.39 Å². The zero-order chi connectivity index (χ0) is 14.7. The standard InChI is InChI=1S/C14H12BrCl2FN2/c15-12-7-10(18)3-1-8(12)5-14(20-19)11-4-2-9(16)6-13(11)17/h1-4,6-7,14,20H,5,19H2. The van der Waals surface area contributed by atoms with Crippen molar-refractivity contribution >= 4 is 39.1 Å². The zero-order valence-corrected chi connectivity index (χ0v) is 13.4. The van der Waals surface area contributed by atoms with Crippen LogP contribution in [0.25, 0.3) is 0 Å². The fourth-order valence-corrected chi connectivity index (χ4v) is 3.00. The van der Waals surface area contributed by atoms with Gasteiger partial charge in [0, 0.05) is 14.5 Å². The predicted molar refractivity (Wildman–Crippen MR) is 84.3 cm³/mol. The molecule has 0 aromatic heterocycles. The Bertz CT molecular complexity index is 622. The largest absolute Gasteiger partial charge is 0.271 e. The van der Waals surface area contributed by atoms with Crippen LogP contribution in [0, 0.1) is 5.82 Å².